The summed E-state index contributed by atoms with van der Waals surface area (Å²) in [6.07, 6.45) is 3.86. The van der Waals surface area contributed by atoms with Gasteiger partial charge in [-0.3, -0.25) is 14.6 Å². The summed E-state index contributed by atoms with van der Waals surface area (Å²) in [5.41, 5.74) is 5.27. The lowest BCUT2D eigenvalue weighted by atomic mass is 10.1. The summed E-state index contributed by atoms with van der Waals surface area (Å²) in [4.78, 5) is 26.5. The molecule has 0 bridgehead atoms. The maximum Gasteiger partial charge on any atom is 0.322 e. The molecule has 0 aromatic heterocycles. The van der Waals surface area contributed by atoms with Crippen molar-refractivity contribution >= 4 is 11.9 Å². The minimum Gasteiger partial charge on any atom is -0.351 e. The molecular formula is C12H23N3O2. The Bertz CT molecular complexity index is 273. The monoisotopic (exact) mass is 241 g/mol. The fraction of sp³-hybridized carbons (Fsp3) is 0.833. The Balaban J connectivity index is 2.52. The van der Waals surface area contributed by atoms with Gasteiger partial charge in [-0.25, -0.2) is 4.79 Å². The predicted molar refractivity (Wildman–Crippen MR) is 66.2 cm³/mol. The second-order valence-corrected chi connectivity index (χ2v) is 5.08. The van der Waals surface area contributed by atoms with Crippen LogP contribution in [0.5, 0.6) is 0 Å². The standard InChI is InChI=1S/C12H23N3O2/c1-10(2)8-11(16)15(12(13)17)9-14-6-4-3-5-7-14/h10H,3-9H2,1-2H3,(H2,13,17). The van der Waals surface area contributed by atoms with E-state index in [0.717, 1.165) is 25.9 Å². The van der Waals surface area contributed by atoms with Crippen molar-refractivity contribution in [1.29, 1.82) is 0 Å². The predicted octanol–water partition coefficient (Wildman–Crippen LogP) is 1.38. The third kappa shape index (κ3) is 4.73. The zero-order valence-corrected chi connectivity index (χ0v) is 10.8. The average molecular weight is 241 g/mol. The molecule has 1 heterocycles. The Labute approximate surface area is 103 Å². The molecule has 1 rings (SSSR count). The van der Waals surface area contributed by atoms with E-state index < -0.39 is 6.03 Å². The zero-order valence-electron chi connectivity index (χ0n) is 10.8. The van der Waals surface area contributed by atoms with Gasteiger partial charge in [0.2, 0.25) is 5.91 Å². The van der Waals surface area contributed by atoms with Crippen LogP contribution < -0.4 is 5.73 Å². The second kappa shape index (κ2) is 6.59. The minimum atomic E-state index is -0.638. The minimum absolute atomic E-state index is 0.168. The van der Waals surface area contributed by atoms with E-state index in [4.69, 9.17) is 5.73 Å². The molecule has 0 aromatic rings. The molecule has 2 N–H and O–H groups in total. The van der Waals surface area contributed by atoms with E-state index in [-0.39, 0.29) is 11.8 Å². The zero-order chi connectivity index (χ0) is 12.8. The van der Waals surface area contributed by atoms with Crippen LogP contribution in [-0.2, 0) is 4.79 Å². The maximum absolute atomic E-state index is 11.9. The van der Waals surface area contributed by atoms with Crippen molar-refractivity contribution in [3.63, 3.8) is 0 Å². The van der Waals surface area contributed by atoms with Crippen LogP contribution in [0.3, 0.4) is 0 Å². The molecule has 98 valence electrons. The van der Waals surface area contributed by atoms with E-state index in [1.165, 1.54) is 11.3 Å². The molecule has 3 amide bonds. The third-order valence-corrected chi connectivity index (χ3v) is 2.94. The Morgan fingerprint density at radius 3 is 2.29 bits per heavy atom. The molecule has 0 aromatic carbocycles. The summed E-state index contributed by atoms with van der Waals surface area (Å²) < 4.78 is 0. The number of piperidine rings is 1. The summed E-state index contributed by atoms with van der Waals surface area (Å²) in [6, 6.07) is -0.638. The molecule has 17 heavy (non-hydrogen) atoms. The van der Waals surface area contributed by atoms with Crippen molar-refractivity contribution in [1.82, 2.24) is 9.80 Å². The van der Waals surface area contributed by atoms with Crippen LogP contribution in [0.15, 0.2) is 0 Å². The van der Waals surface area contributed by atoms with Crippen LogP contribution in [0.4, 0.5) is 4.79 Å². The number of nitrogens with two attached hydrogens (primary N) is 1. The van der Waals surface area contributed by atoms with Crippen LogP contribution >= 0.6 is 0 Å². The largest absolute Gasteiger partial charge is 0.351 e. The number of hydrogen-bond acceptors (Lipinski definition) is 3. The van der Waals surface area contributed by atoms with Crippen molar-refractivity contribution < 1.29 is 9.59 Å². The average Bonchev–Trinajstić information content (AvgIpc) is 2.25. The first-order chi connectivity index (χ1) is 8.00. The van der Waals surface area contributed by atoms with Crippen molar-refractivity contribution in [3.05, 3.63) is 0 Å². The smallest absolute Gasteiger partial charge is 0.322 e. The number of nitrogens with zero attached hydrogens (tertiary/aromatic N) is 2. The number of likely N-dealkylation sites (tertiary alicyclic amines) is 1. The van der Waals surface area contributed by atoms with E-state index >= 15 is 0 Å². The van der Waals surface area contributed by atoms with Crippen LogP contribution in [0.1, 0.15) is 39.5 Å². The first-order valence-corrected chi connectivity index (χ1v) is 6.33. The van der Waals surface area contributed by atoms with Crippen molar-refractivity contribution in [3.8, 4) is 0 Å². The van der Waals surface area contributed by atoms with Gasteiger partial charge in [0.1, 0.15) is 0 Å². The molecule has 5 nitrogen and oxygen atoms in total. The fourth-order valence-electron chi connectivity index (χ4n) is 2.03. The van der Waals surface area contributed by atoms with E-state index in [2.05, 4.69) is 4.90 Å². The van der Waals surface area contributed by atoms with Crippen LogP contribution in [0.2, 0.25) is 0 Å². The van der Waals surface area contributed by atoms with Gasteiger partial charge in [0, 0.05) is 6.42 Å². The molecule has 1 fully saturated rings. The van der Waals surface area contributed by atoms with Gasteiger partial charge < -0.3 is 5.73 Å². The quantitative estimate of drug-likeness (QED) is 0.808. The normalized spacial score (nSPS) is 17.1. The van der Waals surface area contributed by atoms with Gasteiger partial charge in [0.05, 0.1) is 6.67 Å². The number of rotatable bonds is 4. The Hall–Kier alpha value is -1.10. The second-order valence-electron chi connectivity index (χ2n) is 5.08. The number of carbonyl (C=O) groups excluding carboxylic acids is 2. The van der Waals surface area contributed by atoms with Gasteiger partial charge in [0.15, 0.2) is 0 Å². The first kappa shape index (κ1) is 14.0. The van der Waals surface area contributed by atoms with Gasteiger partial charge in [-0.1, -0.05) is 20.3 Å². The lowest BCUT2D eigenvalue weighted by Crippen LogP contribution is -2.48. The lowest BCUT2D eigenvalue weighted by Gasteiger charge is -2.31. The van der Waals surface area contributed by atoms with E-state index in [0.29, 0.717) is 13.1 Å². The molecule has 0 atom stereocenters. The number of carbonyl (C=O) groups is 2. The summed E-state index contributed by atoms with van der Waals surface area (Å²) >= 11 is 0. The molecule has 0 saturated carbocycles. The molecule has 1 aliphatic heterocycles. The number of imide groups is 1. The first-order valence-electron chi connectivity index (χ1n) is 6.33. The highest BCUT2D eigenvalue weighted by atomic mass is 16.2. The van der Waals surface area contributed by atoms with Crippen LogP contribution in [0.25, 0.3) is 0 Å². The SMILES string of the molecule is CC(C)CC(=O)N(CN1CCCCC1)C(N)=O. The topological polar surface area (TPSA) is 66.6 Å². The maximum atomic E-state index is 11.9. The summed E-state index contributed by atoms with van der Waals surface area (Å²) in [5, 5.41) is 0. The van der Waals surface area contributed by atoms with E-state index in [9.17, 15) is 9.59 Å². The summed E-state index contributed by atoms with van der Waals surface area (Å²) in [6.45, 7) is 6.15. The van der Waals surface area contributed by atoms with Gasteiger partial charge in [-0.05, 0) is 31.8 Å². The highest BCUT2D eigenvalue weighted by Crippen LogP contribution is 2.11. The molecule has 1 aliphatic rings. The van der Waals surface area contributed by atoms with Crippen LogP contribution in [0, 0.1) is 5.92 Å². The fourth-order valence-corrected chi connectivity index (χ4v) is 2.03. The molecule has 0 aliphatic carbocycles. The molecule has 0 spiro atoms. The van der Waals surface area contributed by atoms with Crippen molar-refractivity contribution in [2.24, 2.45) is 11.7 Å². The third-order valence-electron chi connectivity index (χ3n) is 2.94. The number of hydrogen-bond donors (Lipinski definition) is 1. The van der Waals surface area contributed by atoms with Gasteiger partial charge in [-0.2, -0.15) is 0 Å². The summed E-state index contributed by atoms with van der Waals surface area (Å²) in [5.74, 6) is 0.0729. The summed E-state index contributed by atoms with van der Waals surface area (Å²) in [7, 11) is 0. The van der Waals surface area contributed by atoms with Gasteiger partial charge in [0.25, 0.3) is 0 Å². The van der Waals surface area contributed by atoms with Crippen LogP contribution in [-0.4, -0.2) is 41.5 Å². The highest BCUT2D eigenvalue weighted by Gasteiger charge is 2.23. The van der Waals surface area contributed by atoms with E-state index in [1.807, 2.05) is 13.8 Å². The Morgan fingerprint density at radius 2 is 1.82 bits per heavy atom. The molecule has 5 heteroatoms. The Kier molecular flexibility index (Phi) is 5.41. The van der Waals surface area contributed by atoms with Crippen molar-refractivity contribution in [2.75, 3.05) is 19.8 Å². The lowest BCUT2D eigenvalue weighted by molar-refractivity contribution is -0.130. The number of primary amides is 1. The van der Waals surface area contributed by atoms with E-state index in [1.54, 1.807) is 0 Å². The molecule has 1 saturated heterocycles. The number of amides is 3. The van der Waals surface area contributed by atoms with Gasteiger partial charge >= 0.3 is 6.03 Å². The Morgan fingerprint density at radius 1 is 1.24 bits per heavy atom. The molecular weight excluding hydrogens is 218 g/mol. The van der Waals surface area contributed by atoms with Crippen molar-refractivity contribution in [2.45, 2.75) is 39.5 Å². The molecule has 0 unspecified atom stereocenters. The van der Waals surface area contributed by atoms with Gasteiger partial charge in [-0.15, -0.1) is 0 Å². The highest BCUT2D eigenvalue weighted by molar-refractivity contribution is 5.93. The number of urea groups is 1. The molecule has 0 radical (unpaired) electrons.